The van der Waals surface area contributed by atoms with Gasteiger partial charge in [0, 0.05) is 29.6 Å². The number of nitrogens with zero attached hydrogens (tertiary/aromatic N) is 1. The van der Waals surface area contributed by atoms with Crippen LogP contribution >= 0.6 is 0 Å². The molecule has 1 aromatic heterocycles. The molecule has 4 aromatic rings. The Labute approximate surface area is 220 Å². The second-order valence-electron chi connectivity index (χ2n) is 9.26. The third-order valence-electron chi connectivity index (χ3n) is 6.69. The number of benzene rings is 3. The largest absolute Gasteiger partial charge is 0.450 e. The summed E-state index contributed by atoms with van der Waals surface area (Å²) in [5.41, 5.74) is 1.29. The van der Waals surface area contributed by atoms with Crippen molar-refractivity contribution in [3.63, 3.8) is 0 Å². The lowest BCUT2D eigenvalue weighted by molar-refractivity contribution is 0.0997. The number of halogens is 1. The van der Waals surface area contributed by atoms with E-state index in [-0.39, 0.29) is 34.1 Å². The third kappa shape index (κ3) is 5.25. The minimum Gasteiger partial charge on any atom is -0.450 e. The molecule has 3 aromatic carbocycles. The van der Waals surface area contributed by atoms with E-state index in [4.69, 9.17) is 4.42 Å². The summed E-state index contributed by atoms with van der Waals surface area (Å²) in [5, 5.41) is 3.64. The number of sulfonamides is 1. The van der Waals surface area contributed by atoms with Gasteiger partial charge in [-0.25, -0.2) is 12.8 Å². The Morgan fingerprint density at radius 3 is 2.32 bits per heavy atom. The molecule has 0 unspecified atom stereocenters. The van der Waals surface area contributed by atoms with Crippen molar-refractivity contribution in [1.82, 2.24) is 4.31 Å². The number of nitrogens with one attached hydrogen (secondary N) is 1. The van der Waals surface area contributed by atoms with Crippen LogP contribution in [0.15, 0.2) is 82.1 Å². The van der Waals surface area contributed by atoms with Crippen LogP contribution in [0.4, 0.5) is 10.1 Å². The van der Waals surface area contributed by atoms with Crippen LogP contribution < -0.4 is 5.32 Å². The van der Waals surface area contributed by atoms with Gasteiger partial charge in [0.2, 0.25) is 15.8 Å². The molecule has 1 saturated heterocycles. The number of fused-ring (bicyclic) bond motifs is 1. The van der Waals surface area contributed by atoms with Crippen molar-refractivity contribution in [2.75, 3.05) is 25.0 Å². The highest BCUT2D eigenvalue weighted by Gasteiger charge is 2.26. The zero-order valence-corrected chi connectivity index (χ0v) is 21.5. The quantitative estimate of drug-likeness (QED) is 0.293. The maximum Gasteiger partial charge on any atom is 0.243 e. The molecule has 0 radical (unpaired) electrons. The predicted molar refractivity (Wildman–Crippen MR) is 143 cm³/mol. The van der Waals surface area contributed by atoms with E-state index in [0.29, 0.717) is 29.7 Å². The summed E-state index contributed by atoms with van der Waals surface area (Å²) in [6.45, 7) is 0.751. The van der Waals surface area contributed by atoms with Gasteiger partial charge in [-0.1, -0.05) is 37.1 Å². The van der Waals surface area contributed by atoms with Crippen molar-refractivity contribution in [3.05, 3.63) is 95.5 Å². The van der Waals surface area contributed by atoms with Crippen LogP contribution in [0.2, 0.25) is 0 Å². The van der Waals surface area contributed by atoms with Crippen molar-refractivity contribution >= 4 is 38.2 Å². The number of para-hydroxylation sites is 1. The molecule has 0 spiro atoms. The zero-order chi connectivity index (χ0) is 26.7. The average Bonchev–Trinajstić information content (AvgIpc) is 3.08. The molecule has 1 N–H and O–H groups in total. The SMILES string of the molecule is O=C(CNc1c(C(=O)c2ccc(F)cc2)oc2ccccc12)c1cccc(S(=O)(=O)N2CCCCCC2)c1. The van der Waals surface area contributed by atoms with Gasteiger partial charge in [-0.2, -0.15) is 4.31 Å². The topological polar surface area (TPSA) is 96.7 Å². The fourth-order valence-corrected chi connectivity index (χ4v) is 6.21. The summed E-state index contributed by atoms with van der Waals surface area (Å²) in [5.74, 6) is -1.26. The summed E-state index contributed by atoms with van der Waals surface area (Å²) < 4.78 is 47.1. The normalized spacial score (nSPS) is 14.8. The molecule has 7 nitrogen and oxygen atoms in total. The summed E-state index contributed by atoms with van der Waals surface area (Å²) >= 11 is 0. The van der Waals surface area contributed by atoms with Gasteiger partial charge in [0.1, 0.15) is 11.4 Å². The Kier molecular flexibility index (Phi) is 7.40. The van der Waals surface area contributed by atoms with Crippen LogP contribution in [-0.2, 0) is 10.0 Å². The number of hydrogen-bond acceptors (Lipinski definition) is 6. The van der Waals surface area contributed by atoms with Gasteiger partial charge in [0.15, 0.2) is 11.5 Å². The first-order valence-corrected chi connectivity index (χ1v) is 14.0. The highest BCUT2D eigenvalue weighted by molar-refractivity contribution is 7.89. The van der Waals surface area contributed by atoms with E-state index in [2.05, 4.69) is 5.32 Å². The molecule has 1 aliphatic heterocycles. The highest BCUT2D eigenvalue weighted by atomic mass is 32.2. The number of carbonyl (C=O) groups is 2. The van der Waals surface area contributed by atoms with Crippen molar-refractivity contribution in [2.45, 2.75) is 30.6 Å². The van der Waals surface area contributed by atoms with E-state index in [1.807, 2.05) is 0 Å². The minimum atomic E-state index is -3.71. The van der Waals surface area contributed by atoms with Gasteiger partial charge in [0.05, 0.1) is 17.1 Å². The summed E-state index contributed by atoms with van der Waals surface area (Å²) in [4.78, 5) is 26.4. The predicted octanol–water partition coefficient (Wildman–Crippen LogP) is 5.66. The monoisotopic (exact) mass is 534 g/mol. The lowest BCUT2D eigenvalue weighted by atomic mass is 10.1. The van der Waals surface area contributed by atoms with Gasteiger partial charge in [0.25, 0.3) is 0 Å². The molecule has 2 heterocycles. The van der Waals surface area contributed by atoms with Crippen LogP contribution in [0.25, 0.3) is 11.0 Å². The van der Waals surface area contributed by atoms with Crippen molar-refractivity contribution in [1.29, 1.82) is 0 Å². The minimum absolute atomic E-state index is 0.00287. The molecule has 1 fully saturated rings. The molecule has 9 heteroatoms. The highest BCUT2D eigenvalue weighted by Crippen LogP contribution is 2.32. The molecule has 0 amide bonds. The summed E-state index contributed by atoms with van der Waals surface area (Å²) in [6.07, 6.45) is 3.65. The van der Waals surface area contributed by atoms with Crippen LogP contribution in [0.1, 0.15) is 52.2 Å². The van der Waals surface area contributed by atoms with Gasteiger partial charge in [-0.15, -0.1) is 0 Å². The molecule has 196 valence electrons. The Morgan fingerprint density at radius 1 is 0.868 bits per heavy atom. The Bertz CT molecular complexity index is 1590. The summed E-state index contributed by atoms with van der Waals surface area (Å²) in [6, 6.07) is 18.2. The zero-order valence-electron chi connectivity index (χ0n) is 20.7. The second kappa shape index (κ2) is 10.9. The first-order chi connectivity index (χ1) is 18.3. The average molecular weight is 535 g/mol. The standard InChI is InChI=1S/C29H27FN2O5S/c30-22-14-12-20(13-15-22)28(34)29-27(24-10-3-4-11-26(24)37-29)31-19-25(33)21-8-7-9-23(18-21)38(35,36)32-16-5-1-2-6-17-32/h3-4,7-15,18,31H,1-2,5-6,16-17,19H2. The smallest absolute Gasteiger partial charge is 0.243 e. The third-order valence-corrected chi connectivity index (χ3v) is 8.59. The maximum absolute atomic E-state index is 13.4. The fraction of sp³-hybridized carbons (Fsp3) is 0.241. The number of ketones is 2. The maximum atomic E-state index is 13.4. The molecule has 38 heavy (non-hydrogen) atoms. The number of anilines is 1. The Morgan fingerprint density at radius 2 is 1.58 bits per heavy atom. The van der Waals surface area contributed by atoms with E-state index < -0.39 is 21.6 Å². The Balaban J connectivity index is 1.39. The number of carbonyl (C=O) groups excluding carboxylic acids is 2. The second-order valence-corrected chi connectivity index (χ2v) is 11.2. The van der Waals surface area contributed by atoms with Crippen molar-refractivity contribution in [3.8, 4) is 0 Å². The molecule has 1 aliphatic rings. The van der Waals surface area contributed by atoms with Gasteiger partial charge in [-0.3, -0.25) is 9.59 Å². The fourth-order valence-electron chi connectivity index (χ4n) is 4.65. The van der Waals surface area contributed by atoms with Crippen LogP contribution in [0.3, 0.4) is 0 Å². The van der Waals surface area contributed by atoms with E-state index in [1.54, 1.807) is 36.4 Å². The van der Waals surface area contributed by atoms with Crippen molar-refractivity contribution in [2.24, 2.45) is 0 Å². The van der Waals surface area contributed by atoms with Gasteiger partial charge >= 0.3 is 0 Å². The Hall–Kier alpha value is -3.82. The number of furan rings is 1. The number of rotatable bonds is 8. The van der Waals surface area contributed by atoms with Gasteiger partial charge < -0.3 is 9.73 Å². The molecule has 0 bridgehead atoms. The molecule has 0 atom stereocenters. The first-order valence-electron chi connectivity index (χ1n) is 12.5. The van der Waals surface area contributed by atoms with E-state index >= 15 is 0 Å². The molecular weight excluding hydrogens is 507 g/mol. The van der Waals surface area contributed by atoms with Crippen LogP contribution in [0, 0.1) is 5.82 Å². The molecule has 0 saturated carbocycles. The molecule has 0 aliphatic carbocycles. The van der Waals surface area contributed by atoms with Crippen LogP contribution in [0.5, 0.6) is 0 Å². The summed E-state index contributed by atoms with van der Waals surface area (Å²) in [7, 11) is -3.71. The van der Waals surface area contributed by atoms with Gasteiger partial charge in [-0.05, 0) is 61.4 Å². The molecular formula is C29H27FN2O5S. The van der Waals surface area contributed by atoms with Crippen molar-refractivity contribution < 1.29 is 26.8 Å². The number of Topliss-reactive ketones (excluding diaryl/α,β-unsaturated/α-hetero) is 1. The molecule has 5 rings (SSSR count). The van der Waals surface area contributed by atoms with E-state index in [0.717, 1.165) is 25.7 Å². The lowest BCUT2D eigenvalue weighted by Crippen LogP contribution is -2.32. The first kappa shape index (κ1) is 25.8. The van der Waals surface area contributed by atoms with E-state index in [1.165, 1.54) is 40.7 Å². The van der Waals surface area contributed by atoms with E-state index in [9.17, 15) is 22.4 Å². The number of hydrogen-bond donors (Lipinski definition) is 1. The van der Waals surface area contributed by atoms with Crippen LogP contribution in [-0.4, -0.2) is 43.9 Å². The lowest BCUT2D eigenvalue weighted by Gasteiger charge is -2.20.